The number of amides is 1. The number of hydrogen-bond acceptors (Lipinski definition) is 2. The Kier molecular flexibility index (Phi) is 6.78. The fourth-order valence-corrected chi connectivity index (χ4v) is 2.00. The molecule has 0 unspecified atom stereocenters. The Bertz CT molecular complexity index is 335. The fourth-order valence-electron chi connectivity index (χ4n) is 1.59. The summed E-state index contributed by atoms with van der Waals surface area (Å²) in [6, 6.07) is 8.17. The van der Waals surface area contributed by atoms with Gasteiger partial charge in [-0.3, -0.25) is 4.79 Å². The van der Waals surface area contributed by atoms with Gasteiger partial charge in [-0.15, -0.1) is 11.8 Å². The molecule has 1 amide bonds. The lowest BCUT2D eigenvalue weighted by Crippen LogP contribution is -2.26. The van der Waals surface area contributed by atoms with Gasteiger partial charge < -0.3 is 5.32 Å². The Morgan fingerprint density at radius 3 is 2.53 bits per heavy atom. The van der Waals surface area contributed by atoms with E-state index in [9.17, 15) is 4.79 Å². The molecule has 0 radical (unpaired) electrons. The molecule has 0 saturated heterocycles. The van der Waals surface area contributed by atoms with Crippen LogP contribution < -0.4 is 5.32 Å². The topological polar surface area (TPSA) is 29.1 Å². The van der Waals surface area contributed by atoms with Gasteiger partial charge in [0.25, 0.3) is 0 Å². The van der Waals surface area contributed by atoms with Crippen LogP contribution in [0.5, 0.6) is 0 Å². The van der Waals surface area contributed by atoms with Crippen LogP contribution in [0.15, 0.2) is 29.2 Å². The summed E-state index contributed by atoms with van der Waals surface area (Å²) in [5.41, 5.74) is 1.08. The van der Waals surface area contributed by atoms with E-state index in [1.54, 1.807) is 11.8 Å². The van der Waals surface area contributed by atoms with Gasteiger partial charge >= 0.3 is 0 Å². The highest BCUT2D eigenvalue weighted by Gasteiger charge is 2.02. The number of hydrogen-bond donors (Lipinski definition) is 1. The molecule has 0 spiro atoms. The van der Waals surface area contributed by atoms with Crippen LogP contribution in [0.2, 0.25) is 0 Å². The molecule has 0 heterocycles. The zero-order valence-electron chi connectivity index (χ0n) is 10.7. The summed E-state index contributed by atoms with van der Waals surface area (Å²) in [6.45, 7) is 2.96. The first-order valence-electron chi connectivity index (χ1n) is 6.16. The van der Waals surface area contributed by atoms with Crippen molar-refractivity contribution >= 4 is 17.7 Å². The van der Waals surface area contributed by atoms with Gasteiger partial charge in [-0.2, -0.15) is 0 Å². The van der Waals surface area contributed by atoms with Crippen molar-refractivity contribution in [3.63, 3.8) is 0 Å². The molecule has 0 aliphatic heterocycles. The van der Waals surface area contributed by atoms with E-state index in [1.807, 2.05) is 12.1 Å². The smallest absolute Gasteiger partial charge is 0.224 e. The largest absolute Gasteiger partial charge is 0.356 e. The maximum absolute atomic E-state index is 11.6. The summed E-state index contributed by atoms with van der Waals surface area (Å²) in [4.78, 5) is 12.8. The van der Waals surface area contributed by atoms with Crippen LogP contribution in [0, 0.1) is 0 Å². The van der Waals surface area contributed by atoms with Crippen molar-refractivity contribution < 1.29 is 4.79 Å². The molecule has 0 saturated carbocycles. The quantitative estimate of drug-likeness (QED) is 0.595. The summed E-state index contributed by atoms with van der Waals surface area (Å²) < 4.78 is 0. The van der Waals surface area contributed by atoms with E-state index >= 15 is 0 Å². The number of carbonyl (C=O) groups excluding carboxylic acids is 1. The molecule has 1 rings (SSSR count). The van der Waals surface area contributed by atoms with E-state index in [0.29, 0.717) is 6.42 Å². The molecule has 1 aromatic carbocycles. The first kappa shape index (κ1) is 14.1. The predicted molar refractivity (Wildman–Crippen MR) is 74.5 cm³/mol. The van der Waals surface area contributed by atoms with Crippen LogP contribution in [0.4, 0.5) is 0 Å². The van der Waals surface area contributed by atoms with Crippen molar-refractivity contribution in [3.8, 4) is 0 Å². The maximum atomic E-state index is 11.6. The van der Waals surface area contributed by atoms with E-state index in [4.69, 9.17) is 0 Å². The first-order valence-corrected chi connectivity index (χ1v) is 7.38. The third kappa shape index (κ3) is 5.78. The molecule has 0 fully saturated rings. The van der Waals surface area contributed by atoms with Gasteiger partial charge in [-0.1, -0.05) is 31.9 Å². The third-order valence-corrected chi connectivity index (χ3v) is 3.37. The second kappa shape index (κ2) is 8.18. The average molecular weight is 251 g/mol. The number of benzene rings is 1. The molecule has 1 N–H and O–H groups in total. The molecule has 0 aliphatic carbocycles. The summed E-state index contributed by atoms with van der Waals surface area (Å²) in [5.74, 6) is 0.123. The Morgan fingerprint density at radius 2 is 1.94 bits per heavy atom. The van der Waals surface area contributed by atoms with E-state index in [-0.39, 0.29) is 5.91 Å². The van der Waals surface area contributed by atoms with Crippen molar-refractivity contribution in [1.29, 1.82) is 0 Å². The maximum Gasteiger partial charge on any atom is 0.224 e. The van der Waals surface area contributed by atoms with Crippen molar-refractivity contribution in [2.75, 3.05) is 12.8 Å². The predicted octanol–water partition coefficient (Wildman–Crippen LogP) is 3.26. The molecule has 0 aliphatic rings. The molecule has 3 heteroatoms. The highest BCUT2D eigenvalue weighted by atomic mass is 32.2. The molecule has 0 bridgehead atoms. The van der Waals surface area contributed by atoms with Crippen LogP contribution in [-0.4, -0.2) is 18.7 Å². The molecule has 1 aromatic rings. The lowest BCUT2D eigenvalue weighted by atomic mass is 10.1. The standard InChI is InChI=1S/C14H21NOS/c1-3-4-5-10-15-14(16)11-12-6-8-13(17-2)9-7-12/h6-9H,3-5,10-11H2,1-2H3,(H,15,16). The minimum atomic E-state index is 0.123. The van der Waals surface area contributed by atoms with Crippen LogP contribution in [0.25, 0.3) is 0 Å². The molecule has 0 atom stereocenters. The lowest BCUT2D eigenvalue weighted by Gasteiger charge is -2.05. The van der Waals surface area contributed by atoms with Crippen LogP contribution in [0.3, 0.4) is 0 Å². The minimum absolute atomic E-state index is 0.123. The molecule has 0 aromatic heterocycles. The number of unbranched alkanes of at least 4 members (excludes halogenated alkanes) is 2. The summed E-state index contributed by atoms with van der Waals surface area (Å²) in [6.07, 6.45) is 5.98. The zero-order valence-corrected chi connectivity index (χ0v) is 11.5. The van der Waals surface area contributed by atoms with Crippen LogP contribution in [-0.2, 0) is 11.2 Å². The lowest BCUT2D eigenvalue weighted by molar-refractivity contribution is -0.120. The van der Waals surface area contributed by atoms with Crippen LogP contribution >= 0.6 is 11.8 Å². The highest BCUT2D eigenvalue weighted by Crippen LogP contribution is 2.14. The van der Waals surface area contributed by atoms with Gasteiger partial charge in [0.05, 0.1) is 6.42 Å². The van der Waals surface area contributed by atoms with Gasteiger partial charge in [0.2, 0.25) is 5.91 Å². The highest BCUT2D eigenvalue weighted by molar-refractivity contribution is 7.98. The molecular weight excluding hydrogens is 230 g/mol. The normalized spacial score (nSPS) is 10.2. The Balaban J connectivity index is 2.29. The van der Waals surface area contributed by atoms with E-state index in [2.05, 4.69) is 30.6 Å². The minimum Gasteiger partial charge on any atom is -0.356 e. The average Bonchev–Trinajstić information content (AvgIpc) is 2.36. The third-order valence-electron chi connectivity index (χ3n) is 2.63. The second-order valence-electron chi connectivity index (χ2n) is 4.08. The van der Waals surface area contributed by atoms with Gasteiger partial charge in [-0.05, 0) is 30.4 Å². The van der Waals surface area contributed by atoms with Gasteiger partial charge in [0.15, 0.2) is 0 Å². The van der Waals surface area contributed by atoms with E-state index in [0.717, 1.165) is 18.5 Å². The van der Waals surface area contributed by atoms with Gasteiger partial charge in [0.1, 0.15) is 0 Å². The van der Waals surface area contributed by atoms with Gasteiger partial charge in [0, 0.05) is 11.4 Å². The number of carbonyl (C=O) groups is 1. The summed E-state index contributed by atoms with van der Waals surface area (Å²) >= 11 is 1.72. The van der Waals surface area contributed by atoms with Crippen molar-refractivity contribution in [2.45, 2.75) is 37.5 Å². The zero-order chi connectivity index (χ0) is 12.5. The summed E-state index contributed by atoms with van der Waals surface area (Å²) in [7, 11) is 0. The first-order chi connectivity index (χ1) is 8.26. The Hall–Kier alpha value is -0.960. The molecule has 2 nitrogen and oxygen atoms in total. The summed E-state index contributed by atoms with van der Waals surface area (Å²) in [5, 5.41) is 2.95. The monoisotopic (exact) mass is 251 g/mol. The number of rotatable bonds is 7. The SMILES string of the molecule is CCCCCNC(=O)Cc1ccc(SC)cc1. The van der Waals surface area contributed by atoms with Crippen LogP contribution in [0.1, 0.15) is 31.7 Å². The second-order valence-corrected chi connectivity index (χ2v) is 4.96. The Labute approximate surface area is 108 Å². The molecule has 94 valence electrons. The number of thioether (sulfide) groups is 1. The molecule has 17 heavy (non-hydrogen) atoms. The van der Waals surface area contributed by atoms with Crippen molar-refractivity contribution in [2.24, 2.45) is 0 Å². The molecular formula is C14H21NOS. The van der Waals surface area contributed by atoms with E-state index in [1.165, 1.54) is 17.7 Å². The fraction of sp³-hybridized carbons (Fsp3) is 0.500. The Morgan fingerprint density at radius 1 is 1.24 bits per heavy atom. The van der Waals surface area contributed by atoms with E-state index < -0.39 is 0 Å². The number of nitrogens with one attached hydrogen (secondary N) is 1. The van der Waals surface area contributed by atoms with Gasteiger partial charge in [-0.25, -0.2) is 0 Å². The van der Waals surface area contributed by atoms with Crippen molar-refractivity contribution in [1.82, 2.24) is 5.32 Å². The van der Waals surface area contributed by atoms with Crippen molar-refractivity contribution in [3.05, 3.63) is 29.8 Å².